The highest BCUT2D eigenvalue weighted by Crippen LogP contribution is 2.21. The van der Waals surface area contributed by atoms with Crippen LogP contribution in [0.2, 0.25) is 0 Å². The van der Waals surface area contributed by atoms with E-state index in [1.165, 1.54) is 0 Å². The van der Waals surface area contributed by atoms with Gasteiger partial charge in [0.1, 0.15) is 0 Å². The van der Waals surface area contributed by atoms with Crippen LogP contribution in [0, 0.1) is 11.8 Å². The number of rotatable bonds is 4. The van der Waals surface area contributed by atoms with Gasteiger partial charge in [0.2, 0.25) is 0 Å². The number of aliphatic hydroxyl groups is 1. The molecular formula is C12H21NO2. The van der Waals surface area contributed by atoms with Crippen molar-refractivity contribution in [1.29, 1.82) is 0 Å². The van der Waals surface area contributed by atoms with Crippen molar-refractivity contribution in [3.05, 3.63) is 0 Å². The highest BCUT2D eigenvalue weighted by molar-refractivity contribution is 4.95. The number of hydrogen-bond acceptors (Lipinski definition) is 3. The molecule has 0 atom stereocenters. The molecule has 0 bridgehead atoms. The fourth-order valence-corrected chi connectivity index (χ4v) is 1.86. The minimum absolute atomic E-state index is 0.549. The summed E-state index contributed by atoms with van der Waals surface area (Å²) in [5.74, 6) is 5.91. The summed E-state index contributed by atoms with van der Waals surface area (Å²) in [7, 11) is 2.03. The van der Waals surface area contributed by atoms with Crippen molar-refractivity contribution >= 4 is 0 Å². The molecule has 0 aromatic carbocycles. The van der Waals surface area contributed by atoms with Gasteiger partial charge >= 0.3 is 0 Å². The first-order chi connectivity index (χ1) is 7.16. The van der Waals surface area contributed by atoms with Gasteiger partial charge in [-0.2, -0.15) is 0 Å². The summed E-state index contributed by atoms with van der Waals surface area (Å²) in [6.07, 6.45) is 2.37. The van der Waals surface area contributed by atoms with Crippen LogP contribution in [0.25, 0.3) is 0 Å². The average molecular weight is 211 g/mol. The van der Waals surface area contributed by atoms with Crippen LogP contribution in [0.5, 0.6) is 0 Å². The van der Waals surface area contributed by atoms with Crippen LogP contribution < -0.4 is 0 Å². The Bertz CT molecular complexity index is 236. The van der Waals surface area contributed by atoms with E-state index >= 15 is 0 Å². The topological polar surface area (TPSA) is 32.7 Å². The van der Waals surface area contributed by atoms with Crippen LogP contribution in [-0.2, 0) is 4.74 Å². The van der Waals surface area contributed by atoms with Crippen LogP contribution >= 0.6 is 0 Å². The summed E-state index contributed by atoms with van der Waals surface area (Å²) in [5.41, 5.74) is -0.549. The van der Waals surface area contributed by atoms with Gasteiger partial charge in [-0.05, 0) is 14.0 Å². The molecule has 1 N–H and O–H groups in total. The molecule has 1 heterocycles. The highest BCUT2D eigenvalue weighted by atomic mass is 16.5. The maximum Gasteiger partial charge on any atom is 0.0817 e. The maximum atomic E-state index is 10.2. The molecule has 1 rings (SSSR count). The van der Waals surface area contributed by atoms with Crippen LogP contribution in [0.4, 0.5) is 0 Å². The normalized spacial score (nSPS) is 19.7. The Hall–Kier alpha value is -0.560. The summed E-state index contributed by atoms with van der Waals surface area (Å²) < 4.78 is 5.24. The Balaban J connectivity index is 2.27. The Kier molecular flexibility index (Phi) is 5.10. The lowest BCUT2D eigenvalue weighted by molar-refractivity contribution is -0.0766. The fourth-order valence-electron chi connectivity index (χ4n) is 1.86. The second-order valence-electron chi connectivity index (χ2n) is 4.25. The lowest BCUT2D eigenvalue weighted by Gasteiger charge is -2.35. The van der Waals surface area contributed by atoms with E-state index in [0.29, 0.717) is 13.2 Å². The van der Waals surface area contributed by atoms with Gasteiger partial charge in [-0.1, -0.05) is 0 Å². The Morgan fingerprint density at radius 3 is 2.67 bits per heavy atom. The maximum absolute atomic E-state index is 10.2. The average Bonchev–Trinajstić information content (AvgIpc) is 2.18. The molecular weight excluding hydrogens is 190 g/mol. The van der Waals surface area contributed by atoms with Crippen LogP contribution in [0.15, 0.2) is 0 Å². The van der Waals surface area contributed by atoms with Crippen molar-refractivity contribution < 1.29 is 9.84 Å². The third-order valence-electron chi connectivity index (χ3n) is 2.78. The van der Waals surface area contributed by atoms with Gasteiger partial charge in [0.15, 0.2) is 0 Å². The zero-order valence-corrected chi connectivity index (χ0v) is 9.75. The lowest BCUT2D eigenvalue weighted by Crippen LogP contribution is -2.45. The molecule has 0 unspecified atom stereocenters. The van der Waals surface area contributed by atoms with Crippen molar-refractivity contribution in [2.45, 2.75) is 31.8 Å². The molecule has 0 radical (unpaired) electrons. The minimum atomic E-state index is -0.549. The van der Waals surface area contributed by atoms with Gasteiger partial charge in [0.25, 0.3) is 0 Å². The zero-order valence-electron chi connectivity index (χ0n) is 9.75. The third kappa shape index (κ3) is 4.65. The number of hydrogen-bond donors (Lipinski definition) is 1. The number of nitrogens with zero attached hydrogens (tertiary/aromatic N) is 1. The SMILES string of the molecule is CC#CCCN(C)CC1(O)CCOCC1. The second-order valence-corrected chi connectivity index (χ2v) is 4.25. The summed E-state index contributed by atoms with van der Waals surface area (Å²) in [6, 6.07) is 0. The molecule has 0 saturated carbocycles. The van der Waals surface area contributed by atoms with E-state index in [0.717, 1.165) is 32.4 Å². The molecule has 15 heavy (non-hydrogen) atoms. The Morgan fingerprint density at radius 2 is 2.07 bits per heavy atom. The first-order valence-electron chi connectivity index (χ1n) is 5.54. The summed E-state index contributed by atoms with van der Waals surface area (Å²) >= 11 is 0. The van der Waals surface area contributed by atoms with Gasteiger partial charge in [-0.3, -0.25) is 0 Å². The number of likely N-dealkylation sites (N-methyl/N-ethyl adjacent to an activating group) is 1. The van der Waals surface area contributed by atoms with Gasteiger partial charge in [-0.25, -0.2) is 0 Å². The van der Waals surface area contributed by atoms with E-state index in [1.54, 1.807) is 0 Å². The fraction of sp³-hybridized carbons (Fsp3) is 0.833. The predicted molar refractivity (Wildman–Crippen MR) is 60.6 cm³/mol. The summed E-state index contributed by atoms with van der Waals surface area (Å²) in [4.78, 5) is 2.15. The van der Waals surface area contributed by atoms with Gasteiger partial charge in [0, 0.05) is 45.6 Å². The lowest BCUT2D eigenvalue weighted by atomic mass is 9.94. The first-order valence-corrected chi connectivity index (χ1v) is 5.54. The van der Waals surface area contributed by atoms with E-state index in [1.807, 2.05) is 14.0 Å². The zero-order chi connectivity index (χ0) is 11.1. The molecule has 3 nitrogen and oxygen atoms in total. The van der Waals surface area contributed by atoms with Gasteiger partial charge < -0.3 is 14.7 Å². The molecule has 1 saturated heterocycles. The molecule has 0 aromatic heterocycles. The smallest absolute Gasteiger partial charge is 0.0817 e. The molecule has 86 valence electrons. The Labute approximate surface area is 92.4 Å². The summed E-state index contributed by atoms with van der Waals surface area (Å²) in [5, 5.41) is 10.2. The standard InChI is InChI=1S/C12H21NO2/c1-3-4-5-8-13(2)11-12(14)6-9-15-10-7-12/h14H,5-11H2,1-2H3. The summed E-state index contributed by atoms with van der Waals surface area (Å²) in [6.45, 7) is 4.86. The second kappa shape index (κ2) is 6.12. The molecule has 0 aromatic rings. The molecule has 1 fully saturated rings. The molecule has 1 aliphatic rings. The molecule has 3 heteroatoms. The van der Waals surface area contributed by atoms with E-state index in [9.17, 15) is 5.11 Å². The van der Waals surface area contributed by atoms with Crippen molar-refractivity contribution in [3.63, 3.8) is 0 Å². The predicted octanol–water partition coefficient (Wildman–Crippen LogP) is 0.873. The monoisotopic (exact) mass is 211 g/mol. The minimum Gasteiger partial charge on any atom is -0.388 e. The van der Waals surface area contributed by atoms with E-state index in [-0.39, 0.29) is 0 Å². The largest absolute Gasteiger partial charge is 0.388 e. The molecule has 0 amide bonds. The number of ether oxygens (including phenoxy) is 1. The molecule has 0 spiro atoms. The molecule has 1 aliphatic heterocycles. The van der Waals surface area contributed by atoms with E-state index < -0.39 is 5.60 Å². The van der Waals surface area contributed by atoms with Gasteiger partial charge in [0.05, 0.1) is 5.60 Å². The Morgan fingerprint density at radius 1 is 1.40 bits per heavy atom. The first kappa shape index (κ1) is 12.5. The van der Waals surface area contributed by atoms with Crippen LogP contribution in [0.3, 0.4) is 0 Å². The van der Waals surface area contributed by atoms with Crippen molar-refractivity contribution in [2.75, 3.05) is 33.4 Å². The van der Waals surface area contributed by atoms with Crippen molar-refractivity contribution in [3.8, 4) is 11.8 Å². The highest BCUT2D eigenvalue weighted by Gasteiger charge is 2.30. The van der Waals surface area contributed by atoms with Crippen molar-refractivity contribution in [1.82, 2.24) is 4.90 Å². The van der Waals surface area contributed by atoms with E-state index in [2.05, 4.69) is 16.7 Å². The quantitative estimate of drug-likeness (QED) is 0.700. The van der Waals surface area contributed by atoms with Gasteiger partial charge in [-0.15, -0.1) is 11.8 Å². The van der Waals surface area contributed by atoms with Crippen LogP contribution in [0.1, 0.15) is 26.2 Å². The van der Waals surface area contributed by atoms with E-state index in [4.69, 9.17) is 4.74 Å². The van der Waals surface area contributed by atoms with Crippen molar-refractivity contribution in [2.24, 2.45) is 0 Å². The third-order valence-corrected chi connectivity index (χ3v) is 2.78. The molecule has 0 aliphatic carbocycles. The van der Waals surface area contributed by atoms with Crippen LogP contribution in [-0.4, -0.2) is 49.0 Å².